The van der Waals surface area contributed by atoms with Crippen molar-refractivity contribution in [3.63, 3.8) is 0 Å². The summed E-state index contributed by atoms with van der Waals surface area (Å²) in [5, 5.41) is 0. The van der Waals surface area contributed by atoms with E-state index in [-0.39, 0.29) is 12.2 Å². The molecular formula is C18H19BrN2O6. The van der Waals surface area contributed by atoms with E-state index in [1.54, 1.807) is 24.3 Å². The van der Waals surface area contributed by atoms with E-state index in [1.807, 2.05) is 0 Å². The van der Waals surface area contributed by atoms with Crippen LogP contribution in [0.15, 0.2) is 40.9 Å². The van der Waals surface area contributed by atoms with Crippen molar-refractivity contribution in [3.05, 3.63) is 46.4 Å². The Morgan fingerprint density at radius 2 is 1.52 bits per heavy atom. The van der Waals surface area contributed by atoms with Crippen LogP contribution in [0.5, 0.6) is 23.0 Å². The summed E-state index contributed by atoms with van der Waals surface area (Å²) in [5.74, 6) is 0.483. The molecule has 8 nitrogen and oxygen atoms in total. The number of carbonyl (C=O) groups excluding carboxylic acids is 2. The molecule has 0 bridgehead atoms. The Morgan fingerprint density at radius 1 is 0.926 bits per heavy atom. The van der Waals surface area contributed by atoms with Crippen molar-refractivity contribution >= 4 is 27.7 Å². The zero-order valence-electron chi connectivity index (χ0n) is 15.0. The van der Waals surface area contributed by atoms with E-state index in [9.17, 15) is 9.59 Å². The summed E-state index contributed by atoms with van der Waals surface area (Å²) < 4.78 is 21.8. The second-order valence-electron chi connectivity index (χ2n) is 5.16. The van der Waals surface area contributed by atoms with Gasteiger partial charge in [-0.15, -0.1) is 0 Å². The first-order chi connectivity index (χ1) is 13.0. The van der Waals surface area contributed by atoms with E-state index < -0.39 is 11.8 Å². The molecule has 0 fully saturated rings. The predicted octanol–water partition coefficient (Wildman–Crippen LogP) is 2.31. The van der Waals surface area contributed by atoms with Crippen LogP contribution in [0, 0.1) is 0 Å². The van der Waals surface area contributed by atoms with Gasteiger partial charge in [-0.1, -0.05) is 15.9 Å². The van der Waals surface area contributed by atoms with Crippen LogP contribution in [0.3, 0.4) is 0 Å². The van der Waals surface area contributed by atoms with Crippen LogP contribution in [-0.2, 0) is 4.79 Å². The Labute approximate surface area is 164 Å². The monoisotopic (exact) mass is 438 g/mol. The molecule has 0 radical (unpaired) electrons. The zero-order valence-corrected chi connectivity index (χ0v) is 16.6. The Bertz CT molecular complexity index is 785. The summed E-state index contributed by atoms with van der Waals surface area (Å²) >= 11 is 3.31. The number of methoxy groups -OCH3 is 3. The average molecular weight is 439 g/mol. The highest BCUT2D eigenvalue weighted by Gasteiger charge is 2.17. The maximum Gasteiger partial charge on any atom is 0.276 e. The van der Waals surface area contributed by atoms with E-state index in [1.165, 1.54) is 33.5 Å². The fourth-order valence-electron chi connectivity index (χ4n) is 2.13. The molecule has 0 saturated heterocycles. The molecule has 144 valence electrons. The standard InChI is InChI=1S/C18H19BrN2O6/c1-24-14-8-11(9-15(25-2)17(14)26-3)18(23)21-20-16(22)10-27-13-6-4-12(19)5-7-13/h4-9H,10H2,1-3H3,(H,20,22)(H,21,23). The molecule has 0 aromatic heterocycles. The smallest absolute Gasteiger partial charge is 0.276 e. The van der Waals surface area contributed by atoms with Gasteiger partial charge >= 0.3 is 0 Å². The molecule has 2 aromatic rings. The summed E-state index contributed by atoms with van der Waals surface area (Å²) in [7, 11) is 4.35. The maximum absolute atomic E-state index is 12.3. The molecule has 0 heterocycles. The molecule has 0 atom stereocenters. The largest absolute Gasteiger partial charge is 0.493 e. The van der Waals surface area contributed by atoms with Crippen LogP contribution < -0.4 is 29.8 Å². The Hall–Kier alpha value is -2.94. The molecule has 0 saturated carbocycles. The molecular weight excluding hydrogens is 420 g/mol. The van der Waals surface area contributed by atoms with E-state index >= 15 is 0 Å². The molecule has 0 aliphatic rings. The van der Waals surface area contributed by atoms with Crippen LogP contribution in [0.1, 0.15) is 10.4 Å². The van der Waals surface area contributed by atoms with Crippen molar-refractivity contribution in [2.24, 2.45) is 0 Å². The highest BCUT2D eigenvalue weighted by atomic mass is 79.9. The van der Waals surface area contributed by atoms with Gasteiger partial charge in [-0.25, -0.2) is 0 Å². The van der Waals surface area contributed by atoms with E-state index in [0.717, 1.165) is 4.47 Å². The minimum Gasteiger partial charge on any atom is -0.493 e. The van der Waals surface area contributed by atoms with Gasteiger partial charge in [0.05, 0.1) is 21.3 Å². The molecule has 2 rings (SSSR count). The summed E-state index contributed by atoms with van der Waals surface area (Å²) in [5.41, 5.74) is 4.81. The minimum absolute atomic E-state index is 0.221. The molecule has 0 unspecified atom stereocenters. The Kier molecular flexibility index (Phi) is 7.30. The molecule has 2 aromatic carbocycles. The predicted molar refractivity (Wildman–Crippen MR) is 101 cm³/mol. The molecule has 0 aliphatic carbocycles. The van der Waals surface area contributed by atoms with Gasteiger partial charge in [0, 0.05) is 10.0 Å². The van der Waals surface area contributed by atoms with Gasteiger partial charge in [0.2, 0.25) is 5.75 Å². The van der Waals surface area contributed by atoms with Crippen LogP contribution in [0.4, 0.5) is 0 Å². The number of amides is 2. The first-order valence-electron chi connectivity index (χ1n) is 7.76. The number of ether oxygens (including phenoxy) is 4. The summed E-state index contributed by atoms with van der Waals surface area (Å²) in [6, 6.07) is 9.96. The van der Waals surface area contributed by atoms with Crippen molar-refractivity contribution in [2.45, 2.75) is 0 Å². The lowest BCUT2D eigenvalue weighted by atomic mass is 10.1. The van der Waals surface area contributed by atoms with E-state index in [2.05, 4.69) is 26.8 Å². The van der Waals surface area contributed by atoms with Gasteiger partial charge in [-0.05, 0) is 36.4 Å². The molecule has 2 N–H and O–H groups in total. The average Bonchev–Trinajstić information content (AvgIpc) is 2.70. The minimum atomic E-state index is -0.550. The Morgan fingerprint density at radius 3 is 2.04 bits per heavy atom. The lowest BCUT2D eigenvalue weighted by Gasteiger charge is -2.14. The van der Waals surface area contributed by atoms with Crippen LogP contribution in [0.25, 0.3) is 0 Å². The van der Waals surface area contributed by atoms with Crippen molar-refractivity contribution in [2.75, 3.05) is 27.9 Å². The Balaban J connectivity index is 1.94. The molecule has 0 aliphatic heterocycles. The van der Waals surface area contributed by atoms with E-state index in [4.69, 9.17) is 18.9 Å². The van der Waals surface area contributed by atoms with Crippen molar-refractivity contribution < 1.29 is 28.5 Å². The van der Waals surface area contributed by atoms with Crippen molar-refractivity contribution in [1.29, 1.82) is 0 Å². The number of rotatable bonds is 7. The SMILES string of the molecule is COc1cc(C(=O)NNC(=O)COc2ccc(Br)cc2)cc(OC)c1OC. The summed E-state index contributed by atoms with van der Waals surface area (Å²) in [4.78, 5) is 24.1. The van der Waals surface area contributed by atoms with Gasteiger partial charge in [0.25, 0.3) is 11.8 Å². The third kappa shape index (κ3) is 5.52. The fraction of sp³-hybridized carbons (Fsp3) is 0.222. The lowest BCUT2D eigenvalue weighted by molar-refractivity contribution is -0.123. The van der Waals surface area contributed by atoms with Crippen LogP contribution >= 0.6 is 15.9 Å². The van der Waals surface area contributed by atoms with Gasteiger partial charge in [0.15, 0.2) is 18.1 Å². The summed E-state index contributed by atoms with van der Waals surface area (Å²) in [6.07, 6.45) is 0. The van der Waals surface area contributed by atoms with Gasteiger partial charge in [-0.2, -0.15) is 0 Å². The molecule has 0 spiro atoms. The van der Waals surface area contributed by atoms with E-state index in [0.29, 0.717) is 23.0 Å². The third-order valence-electron chi connectivity index (χ3n) is 3.43. The highest BCUT2D eigenvalue weighted by molar-refractivity contribution is 9.10. The number of carbonyl (C=O) groups is 2. The summed E-state index contributed by atoms with van der Waals surface area (Å²) in [6.45, 7) is -0.253. The van der Waals surface area contributed by atoms with Crippen LogP contribution in [-0.4, -0.2) is 39.8 Å². The second kappa shape index (κ2) is 9.67. The first kappa shape index (κ1) is 20.4. The second-order valence-corrected chi connectivity index (χ2v) is 6.07. The zero-order chi connectivity index (χ0) is 19.8. The third-order valence-corrected chi connectivity index (χ3v) is 3.95. The van der Waals surface area contributed by atoms with Crippen molar-refractivity contribution in [1.82, 2.24) is 10.9 Å². The quantitative estimate of drug-likeness (QED) is 0.644. The lowest BCUT2D eigenvalue weighted by Crippen LogP contribution is -2.43. The van der Waals surface area contributed by atoms with Gasteiger partial charge in [0.1, 0.15) is 5.75 Å². The number of hydrogen-bond acceptors (Lipinski definition) is 6. The maximum atomic E-state index is 12.3. The molecule has 9 heteroatoms. The topological polar surface area (TPSA) is 95.1 Å². The number of halogens is 1. The highest BCUT2D eigenvalue weighted by Crippen LogP contribution is 2.38. The van der Waals surface area contributed by atoms with Gasteiger partial charge in [-0.3, -0.25) is 20.4 Å². The van der Waals surface area contributed by atoms with Crippen LogP contribution in [0.2, 0.25) is 0 Å². The fourth-order valence-corrected chi connectivity index (χ4v) is 2.39. The molecule has 27 heavy (non-hydrogen) atoms. The normalized spacial score (nSPS) is 9.93. The number of benzene rings is 2. The molecule has 2 amide bonds. The van der Waals surface area contributed by atoms with Crippen molar-refractivity contribution in [3.8, 4) is 23.0 Å². The first-order valence-corrected chi connectivity index (χ1v) is 8.55. The number of nitrogens with one attached hydrogen (secondary N) is 2. The number of hydrazine groups is 1. The number of hydrogen-bond donors (Lipinski definition) is 2. The van der Waals surface area contributed by atoms with Gasteiger partial charge < -0.3 is 18.9 Å².